The van der Waals surface area contributed by atoms with Crippen molar-refractivity contribution in [1.29, 1.82) is 0 Å². The number of aromatic hydroxyl groups is 1. The molecule has 0 saturated heterocycles. The standard InChI is InChI=1S/C18H19F3O/c1-11-5-6-14(9-12(11)2)17(4,18(19,20)21)15-7-8-16(22)13(3)10-15/h5-10,22H,1-4H3. The number of aryl methyl sites for hydroxylation is 3. The molecule has 0 aliphatic rings. The molecule has 4 heteroatoms. The lowest BCUT2D eigenvalue weighted by atomic mass is 9.74. The third-order valence-corrected chi connectivity index (χ3v) is 4.43. The van der Waals surface area contributed by atoms with Crippen molar-refractivity contribution in [2.24, 2.45) is 0 Å². The van der Waals surface area contributed by atoms with Crippen LogP contribution >= 0.6 is 0 Å². The second kappa shape index (κ2) is 5.34. The van der Waals surface area contributed by atoms with Crippen molar-refractivity contribution in [1.82, 2.24) is 0 Å². The van der Waals surface area contributed by atoms with E-state index in [1.54, 1.807) is 26.0 Å². The van der Waals surface area contributed by atoms with Crippen LogP contribution in [0.1, 0.15) is 34.7 Å². The summed E-state index contributed by atoms with van der Waals surface area (Å²) < 4.78 is 41.6. The smallest absolute Gasteiger partial charge is 0.402 e. The van der Waals surface area contributed by atoms with Crippen LogP contribution in [-0.4, -0.2) is 11.3 Å². The quantitative estimate of drug-likeness (QED) is 0.810. The lowest BCUT2D eigenvalue weighted by Crippen LogP contribution is -2.40. The molecule has 1 N–H and O–H groups in total. The molecule has 2 aromatic rings. The molecule has 2 aromatic carbocycles. The van der Waals surface area contributed by atoms with E-state index in [0.29, 0.717) is 5.56 Å². The minimum Gasteiger partial charge on any atom is -0.508 e. The van der Waals surface area contributed by atoms with E-state index < -0.39 is 11.6 Å². The molecule has 1 unspecified atom stereocenters. The molecule has 1 atom stereocenters. The number of hydrogen-bond acceptors (Lipinski definition) is 1. The first-order chi connectivity index (χ1) is 10.1. The van der Waals surface area contributed by atoms with Gasteiger partial charge in [-0.2, -0.15) is 13.2 Å². The third kappa shape index (κ3) is 2.58. The van der Waals surface area contributed by atoms with E-state index in [2.05, 4.69) is 0 Å². The molecule has 0 aliphatic carbocycles. The maximum Gasteiger partial charge on any atom is 0.402 e. The Bertz CT molecular complexity index is 650. The monoisotopic (exact) mass is 308 g/mol. The van der Waals surface area contributed by atoms with Crippen LogP contribution in [-0.2, 0) is 5.41 Å². The molecular formula is C18H19F3O. The van der Waals surface area contributed by atoms with Gasteiger partial charge in [-0.3, -0.25) is 0 Å². The first-order valence-corrected chi connectivity index (χ1v) is 7.02. The highest BCUT2D eigenvalue weighted by atomic mass is 19.4. The number of benzene rings is 2. The fourth-order valence-corrected chi connectivity index (χ4v) is 2.51. The van der Waals surface area contributed by atoms with Gasteiger partial charge >= 0.3 is 6.18 Å². The number of hydrogen-bond donors (Lipinski definition) is 1. The first-order valence-electron chi connectivity index (χ1n) is 7.02. The predicted octanol–water partition coefficient (Wildman–Crippen LogP) is 5.19. The van der Waals surface area contributed by atoms with E-state index >= 15 is 0 Å². The molecule has 1 nitrogen and oxygen atoms in total. The van der Waals surface area contributed by atoms with Crippen molar-refractivity contribution >= 4 is 0 Å². The molecule has 0 fully saturated rings. The molecule has 22 heavy (non-hydrogen) atoms. The SMILES string of the molecule is Cc1ccc(C(C)(c2ccc(O)c(C)c2)C(F)(F)F)cc1C. The Morgan fingerprint density at radius 2 is 1.27 bits per heavy atom. The van der Waals surface area contributed by atoms with Gasteiger partial charge < -0.3 is 5.11 Å². The molecule has 0 saturated carbocycles. The average molecular weight is 308 g/mol. The Kier molecular flexibility index (Phi) is 3.98. The molecule has 0 radical (unpaired) electrons. The molecule has 0 aliphatic heterocycles. The van der Waals surface area contributed by atoms with Crippen LogP contribution in [0.25, 0.3) is 0 Å². The zero-order chi connectivity index (χ0) is 16.7. The largest absolute Gasteiger partial charge is 0.508 e. The van der Waals surface area contributed by atoms with E-state index in [4.69, 9.17) is 0 Å². The van der Waals surface area contributed by atoms with E-state index in [1.165, 1.54) is 31.2 Å². The number of halogens is 3. The summed E-state index contributed by atoms with van der Waals surface area (Å²) in [6.07, 6.45) is -4.45. The van der Waals surface area contributed by atoms with Crippen molar-refractivity contribution in [3.8, 4) is 5.75 Å². The van der Waals surface area contributed by atoms with Gasteiger partial charge in [0.15, 0.2) is 0 Å². The van der Waals surface area contributed by atoms with Gasteiger partial charge in [0.25, 0.3) is 0 Å². The Morgan fingerprint density at radius 1 is 0.773 bits per heavy atom. The second-order valence-electron chi connectivity index (χ2n) is 5.92. The van der Waals surface area contributed by atoms with Crippen LogP contribution < -0.4 is 0 Å². The summed E-state index contributed by atoms with van der Waals surface area (Å²) in [5, 5.41) is 9.58. The predicted molar refractivity (Wildman–Crippen MR) is 81.3 cm³/mol. The van der Waals surface area contributed by atoms with Crippen molar-refractivity contribution in [3.63, 3.8) is 0 Å². The number of phenolic OH excluding ortho intramolecular Hbond substituents is 1. The molecule has 0 aromatic heterocycles. The average Bonchev–Trinajstić information content (AvgIpc) is 2.42. The van der Waals surface area contributed by atoms with E-state index in [0.717, 1.165) is 11.1 Å². The van der Waals surface area contributed by atoms with Crippen molar-refractivity contribution in [2.75, 3.05) is 0 Å². The van der Waals surface area contributed by atoms with Gasteiger partial charge in [-0.1, -0.05) is 30.3 Å². The summed E-state index contributed by atoms with van der Waals surface area (Å²) >= 11 is 0. The van der Waals surface area contributed by atoms with Crippen molar-refractivity contribution in [2.45, 2.75) is 39.3 Å². The number of phenols is 1. The number of alkyl halides is 3. The highest BCUT2D eigenvalue weighted by Gasteiger charge is 2.53. The maximum atomic E-state index is 13.9. The molecule has 0 bridgehead atoms. The number of rotatable bonds is 2. The first kappa shape index (κ1) is 16.4. The van der Waals surface area contributed by atoms with Gasteiger partial charge in [0.2, 0.25) is 0 Å². The van der Waals surface area contributed by atoms with Gasteiger partial charge in [-0.15, -0.1) is 0 Å². The Morgan fingerprint density at radius 3 is 1.73 bits per heavy atom. The van der Waals surface area contributed by atoms with Crippen LogP contribution in [0, 0.1) is 20.8 Å². The fourth-order valence-electron chi connectivity index (χ4n) is 2.51. The van der Waals surface area contributed by atoms with E-state index in [1.807, 2.05) is 6.92 Å². The van der Waals surface area contributed by atoms with Crippen LogP contribution in [0.4, 0.5) is 13.2 Å². The summed E-state index contributed by atoms with van der Waals surface area (Å²) in [6.45, 7) is 6.45. The van der Waals surface area contributed by atoms with Gasteiger partial charge in [-0.05, 0) is 61.6 Å². The van der Waals surface area contributed by atoms with Gasteiger partial charge in [0.05, 0.1) is 0 Å². The molecule has 0 amide bonds. The fraction of sp³-hybridized carbons (Fsp3) is 0.333. The minimum atomic E-state index is -4.45. The van der Waals surface area contributed by atoms with Crippen LogP contribution in [0.2, 0.25) is 0 Å². The third-order valence-electron chi connectivity index (χ3n) is 4.43. The van der Waals surface area contributed by atoms with Gasteiger partial charge in [0, 0.05) is 0 Å². The zero-order valence-electron chi connectivity index (χ0n) is 13.0. The van der Waals surface area contributed by atoms with Crippen LogP contribution in [0.3, 0.4) is 0 Å². The normalized spacial score (nSPS) is 14.7. The molecule has 118 valence electrons. The topological polar surface area (TPSA) is 20.2 Å². The Hall–Kier alpha value is -1.97. The summed E-state index contributed by atoms with van der Waals surface area (Å²) in [4.78, 5) is 0. The van der Waals surface area contributed by atoms with Gasteiger partial charge in [0.1, 0.15) is 11.2 Å². The lowest BCUT2D eigenvalue weighted by Gasteiger charge is -2.34. The maximum absolute atomic E-state index is 13.9. The van der Waals surface area contributed by atoms with E-state index in [-0.39, 0.29) is 16.9 Å². The molecule has 0 spiro atoms. The summed E-state index contributed by atoms with van der Waals surface area (Å²) in [6, 6.07) is 8.88. The molecule has 2 rings (SSSR count). The van der Waals surface area contributed by atoms with E-state index in [9.17, 15) is 18.3 Å². The summed E-state index contributed by atoms with van der Waals surface area (Å²) in [5.41, 5.74) is 0.409. The molecular weight excluding hydrogens is 289 g/mol. The highest BCUT2D eigenvalue weighted by molar-refractivity contribution is 5.47. The van der Waals surface area contributed by atoms with Crippen LogP contribution in [0.5, 0.6) is 5.75 Å². The van der Waals surface area contributed by atoms with Crippen molar-refractivity contribution in [3.05, 3.63) is 64.2 Å². The van der Waals surface area contributed by atoms with Crippen molar-refractivity contribution < 1.29 is 18.3 Å². The summed E-state index contributed by atoms with van der Waals surface area (Å²) in [7, 11) is 0. The summed E-state index contributed by atoms with van der Waals surface area (Å²) in [5.74, 6) is -0.00615. The highest BCUT2D eigenvalue weighted by Crippen LogP contribution is 2.47. The molecule has 0 heterocycles. The zero-order valence-corrected chi connectivity index (χ0v) is 13.0. The Balaban J connectivity index is 2.72. The second-order valence-corrected chi connectivity index (χ2v) is 5.92. The van der Waals surface area contributed by atoms with Gasteiger partial charge in [-0.25, -0.2) is 0 Å². The van der Waals surface area contributed by atoms with Crippen LogP contribution in [0.15, 0.2) is 36.4 Å². The minimum absolute atomic E-state index is 0.00615. The Labute approximate surface area is 128 Å². The lowest BCUT2D eigenvalue weighted by molar-refractivity contribution is -0.173.